The number of rotatable bonds is 5. The lowest BCUT2D eigenvalue weighted by Crippen LogP contribution is -2.37. The maximum Gasteiger partial charge on any atom is 0.251 e. The number of nitrogens with two attached hydrogens (primary N) is 1. The van der Waals surface area contributed by atoms with E-state index in [1.54, 1.807) is 18.2 Å². The smallest absolute Gasteiger partial charge is 0.251 e. The van der Waals surface area contributed by atoms with Gasteiger partial charge < -0.3 is 11.1 Å². The van der Waals surface area contributed by atoms with E-state index in [1.165, 1.54) is 0 Å². The molecular formula is C12H14BrClN2OS. The van der Waals surface area contributed by atoms with Gasteiger partial charge in [-0.05, 0) is 40.5 Å². The molecule has 0 bridgehead atoms. The van der Waals surface area contributed by atoms with Crippen molar-refractivity contribution in [3.63, 3.8) is 0 Å². The third-order valence-corrected chi connectivity index (χ3v) is 3.84. The fraction of sp³-hybridized carbons (Fsp3) is 0.333. The van der Waals surface area contributed by atoms with Gasteiger partial charge in [0.15, 0.2) is 0 Å². The highest BCUT2D eigenvalue weighted by atomic mass is 79.9. The summed E-state index contributed by atoms with van der Waals surface area (Å²) in [7, 11) is 0. The summed E-state index contributed by atoms with van der Waals surface area (Å²) < 4.78 is 0.694. The molecule has 0 aliphatic carbocycles. The number of carbonyl (C=O) groups excluding carboxylic acids is 1. The first-order valence-corrected chi connectivity index (χ1v) is 7.06. The van der Waals surface area contributed by atoms with Crippen LogP contribution in [-0.4, -0.2) is 16.9 Å². The molecule has 1 aromatic carbocycles. The topological polar surface area (TPSA) is 55.1 Å². The molecule has 3 N–H and O–H groups in total. The lowest BCUT2D eigenvalue weighted by Gasteiger charge is -2.16. The average Bonchev–Trinajstić information content (AvgIpc) is 2.31. The zero-order chi connectivity index (χ0) is 13.7. The first-order chi connectivity index (χ1) is 8.43. The van der Waals surface area contributed by atoms with Crippen LogP contribution in [0.2, 0.25) is 5.02 Å². The van der Waals surface area contributed by atoms with Crippen LogP contribution in [0.4, 0.5) is 0 Å². The molecule has 0 aliphatic rings. The van der Waals surface area contributed by atoms with E-state index in [1.807, 2.05) is 6.92 Å². The van der Waals surface area contributed by atoms with Crippen molar-refractivity contribution in [2.45, 2.75) is 25.8 Å². The minimum absolute atomic E-state index is 0.0375. The number of hydrogen-bond donors (Lipinski definition) is 2. The Kier molecular flexibility index (Phi) is 6.05. The predicted octanol–water partition coefficient (Wildman–Crippen LogP) is 3.29. The number of halogens is 2. The van der Waals surface area contributed by atoms with Crippen molar-refractivity contribution in [2.75, 3.05) is 0 Å². The van der Waals surface area contributed by atoms with Crippen LogP contribution in [0.1, 0.15) is 30.1 Å². The third kappa shape index (κ3) is 4.55. The molecule has 18 heavy (non-hydrogen) atoms. The van der Waals surface area contributed by atoms with Gasteiger partial charge in [-0.15, -0.1) is 0 Å². The van der Waals surface area contributed by atoms with E-state index in [2.05, 4.69) is 21.2 Å². The van der Waals surface area contributed by atoms with Gasteiger partial charge in [-0.1, -0.05) is 30.7 Å². The Hall–Kier alpha value is -0.650. The number of benzene rings is 1. The first-order valence-electron chi connectivity index (χ1n) is 5.48. The number of thiocarbonyl (C=S) groups is 1. The summed E-state index contributed by atoms with van der Waals surface area (Å²) >= 11 is 14.0. The molecule has 0 heterocycles. The molecule has 1 unspecified atom stereocenters. The Morgan fingerprint density at radius 2 is 2.28 bits per heavy atom. The van der Waals surface area contributed by atoms with Gasteiger partial charge in [0.1, 0.15) is 0 Å². The SMILES string of the molecule is CCC(CC(N)=S)NC(=O)c1ccc(Cl)c(Br)c1. The van der Waals surface area contributed by atoms with Gasteiger partial charge in [-0.25, -0.2) is 0 Å². The Balaban J connectivity index is 2.74. The summed E-state index contributed by atoms with van der Waals surface area (Å²) in [6.07, 6.45) is 1.28. The van der Waals surface area contributed by atoms with Gasteiger partial charge in [-0.2, -0.15) is 0 Å². The van der Waals surface area contributed by atoms with Crippen LogP contribution in [0.5, 0.6) is 0 Å². The normalized spacial score (nSPS) is 11.9. The van der Waals surface area contributed by atoms with Crippen molar-refractivity contribution < 1.29 is 4.79 Å². The second kappa shape index (κ2) is 7.07. The molecule has 0 saturated carbocycles. The van der Waals surface area contributed by atoms with E-state index in [9.17, 15) is 4.79 Å². The van der Waals surface area contributed by atoms with Gasteiger partial charge in [0, 0.05) is 22.5 Å². The monoisotopic (exact) mass is 348 g/mol. The molecule has 0 spiro atoms. The lowest BCUT2D eigenvalue weighted by atomic mass is 10.1. The van der Waals surface area contributed by atoms with Gasteiger partial charge in [0.25, 0.3) is 5.91 Å². The van der Waals surface area contributed by atoms with Crippen molar-refractivity contribution >= 4 is 50.6 Å². The molecule has 0 saturated heterocycles. The molecule has 0 radical (unpaired) electrons. The molecule has 3 nitrogen and oxygen atoms in total. The minimum atomic E-state index is -0.157. The van der Waals surface area contributed by atoms with Crippen LogP contribution in [0, 0.1) is 0 Å². The van der Waals surface area contributed by atoms with Crippen molar-refractivity contribution in [3.8, 4) is 0 Å². The quantitative estimate of drug-likeness (QED) is 0.802. The number of hydrogen-bond acceptors (Lipinski definition) is 2. The summed E-state index contributed by atoms with van der Waals surface area (Å²) in [5.74, 6) is -0.157. The molecule has 98 valence electrons. The van der Waals surface area contributed by atoms with Gasteiger partial charge in [-0.3, -0.25) is 4.79 Å². The van der Waals surface area contributed by atoms with Crippen molar-refractivity contribution in [1.82, 2.24) is 5.32 Å². The molecule has 0 fully saturated rings. The number of carbonyl (C=O) groups is 1. The highest BCUT2D eigenvalue weighted by Gasteiger charge is 2.13. The maximum atomic E-state index is 12.0. The van der Waals surface area contributed by atoms with Gasteiger partial charge >= 0.3 is 0 Å². The summed E-state index contributed by atoms with van der Waals surface area (Å²) in [6, 6.07) is 5.00. The zero-order valence-corrected chi connectivity index (χ0v) is 13.0. The van der Waals surface area contributed by atoms with E-state index in [0.717, 1.165) is 6.42 Å². The fourth-order valence-corrected chi connectivity index (χ4v) is 2.14. The summed E-state index contributed by atoms with van der Waals surface area (Å²) in [6.45, 7) is 1.97. The van der Waals surface area contributed by atoms with Crippen molar-refractivity contribution in [3.05, 3.63) is 33.3 Å². The summed E-state index contributed by atoms with van der Waals surface area (Å²) in [4.78, 5) is 12.4. The maximum absolute atomic E-state index is 12.0. The molecule has 0 aromatic heterocycles. The van der Waals surface area contributed by atoms with Crippen LogP contribution in [0.25, 0.3) is 0 Å². The highest BCUT2D eigenvalue weighted by molar-refractivity contribution is 9.10. The third-order valence-electron chi connectivity index (χ3n) is 2.46. The molecular weight excluding hydrogens is 336 g/mol. The van der Waals surface area contributed by atoms with Crippen molar-refractivity contribution in [1.29, 1.82) is 0 Å². The molecule has 1 amide bonds. The summed E-state index contributed by atoms with van der Waals surface area (Å²) in [5.41, 5.74) is 6.03. The van der Waals surface area contributed by atoms with Gasteiger partial charge in [0.05, 0.1) is 10.0 Å². The Bertz CT molecular complexity index is 467. The zero-order valence-electron chi connectivity index (χ0n) is 9.87. The fourth-order valence-electron chi connectivity index (χ4n) is 1.45. The van der Waals surface area contributed by atoms with Gasteiger partial charge in [0.2, 0.25) is 0 Å². The molecule has 1 rings (SSSR count). The molecule has 1 aromatic rings. The summed E-state index contributed by atoms with van der Waals surface area (Å²) in [5, 5.41) is 3.46. The van der Waals surface area contributed by atoms with E-state index in [-0.39, 0.29) is 11.9 Å². The van der Waals surface area contributed by atoms with E-state index in [0.29, 0.717) is 26.5 Å². The Morgan fingerprint density at radius 3 is 2.78 bits per heavy atom. The number of amides is 1. The first kappa shape index (κ1) is 15.4. The minimum Gasteiger partial charge on any atom is -0.393 e. The van der Waals surface area contributed by atoms with Crippen LogP contribution < -0.4 is 11.1 Å². The Labute approximate surface area is 125 Å². The Morgan fingerprint density at radius 1 is 1.61 bits per heavy atom. The lowest BCUT2D eigenvalue weighted by molar-refractivity contribution is 0.0937. The standard InChI is InChI=1S/C12H14BrClN2OS/c1-2-8(6-11(15)18)16-12(17)7-3-4-10(14)9(13)5-7/h3-5,8H,2,6H2,1H3,(H2,15,18)(H,16,17). The average molecular weight is 350 g/mol. The van der Waals surface area contributed by atoms with Crippen molar-refractivity contribution in [2.24, 2.45) is 5.73 Å². The predicted molar refractivity (Wildman–Crippen MR) is 82.1 cm³/mol. The largest absolute Gasteiger partial charge is 0.393 e. The number of nitrogens with one attached hydrogen (secondary N) is 1. The van der Waals surface area contributed by atoms with Crippen LogP contribution in [-0.2, 0) is 0 Å². The molecule has 1 atom stereocenters. The second-order valence-electron chi connectivity index (χ2n) is 3.88. The molecule has 0 aliphatic heterocycles. The second-order valence-corrected chi connectivity index (χ2v) is 5.66. The van der Waals surface area contributed by atoms with E-state index < -0.39 is 0 Å². The highest BCUT2D eigenvalue weighted by Crippen LogP contribution is 2.23. The van der Waals surface area contributed by atoms with E-state index in [4.69, 9.17) is 29.6 Å². The molecule has 6 heteroatoms. The van der Waals surface area contributed by atoms with Crippen LogP contribution >= 0.6 is 39.7 Å². The van der Waals surface area contributed by atoms with Crippen LogP contribution in [0.3, 0.4) is 0 Å². The van der Waals surface area contributed by atoms with Crippen LogP contribution in [0.15, 0.2) is 22.7 Å². The van der Waals surface area contributed by atoms with E-state index >= 15 is 0 Å².